The Hall–Kier alpha value is -1.83. The first-order valence-corrected chi connectivity index (χ1v) is 7.29. The number of rotatable bonds is 2. The fourth-order valence-corrected chi connectivity index (χ4v) is 2.38. The third-order valence-electron chi connectivity index (χ3n) is 3.92. The maximum absolute atomic E-state index is 11.8. The van der Waals surface area contributed by atoms with Crippen molar-refractivity contribution in [2.75, 3.05) is 5.32 Å². The topological polar surface area (TPSA) is 29.1 Å². The minimum Gasteiger partial charge on any atom is -0.326 e. The largest absolute Gasteiger partial charge is 0.326 e. The molecule has 1 N–H and O–H groups in total. The molecular weight excluding hydrogens is 246 g/mol. The number of amides is 1. The molecule has 1 aliphatic rings. The molecule has 1 aliphatic carbocycles. The van der Waals surface area contributed by atoms with E-state index < -0.39 is 0 Å². The highest BCUT2D eigenvalue weighted by Gasteiger charge is 2.29. The van der Waals surface area contributed by atoms with Crippen LogP contribution in [0.4, 0.5) is 5.69 Å². The summed E-state index contributed by atoms with van der Waals surface area (Å²) in [5, 5.41) is 5.40. The second-order valence-electron chi connectivity index (χ2n) is 6.79. The minimum atomic E-state index is 0.160. The average Bonchev–Trinajstić information content (AvgIpc) is 3.21. The molecule has 0 radical (unpaired) electrons. The summed E-state index contributed by atoms with van der Waals surface area (Å²) in [5.41, 5.74) is 2.39. The summed E-state index contributed by atoms with van der Waals surface area (Å²) in [6.45, 7) is 6.66. The van der Waals surface area contributed by atoms with Crippen LogP contribution in [0.5, 0.6) is 0 Å². The lowest BCUT2D eigenvalue weighted by Gasteiger charge is -2.19. The summed E-state index contributed by atoms with van der Waals surface area (Å²) in [6, 6.07) is 12.7. The zero-order valence-electron chi connectivity index (χ0n) is 12.4. The Morgan fingerprint density at radius 1 is 1.05 bits per heavy atom. The fraction of sp³-hybridized carbons (Fsp3) is 0.389. The lowest BCUT2D eigenvalue weighted by molar-refractivity contribution is -0.117. The van der Waals surface area contributed by atoms with Crippen molar-refractivity contribution in [2.24, 2.45) is 5.92 Å². The Labute approximate surface area is 120 Å². The second-order valence-corrected chi connectivity index (χ2v) is 6.79. The first-order valence-electron chi connectivity index (χ1n) is 7.29. The molecule has 2 heteroatoms. The first kappa shape index (κ1) is 13.2. The van der Waals surface area contributed by atoms with Crippen LogP contribution < -0.4 is 5.32 Å². The quantitative estimate of drug-likeness (QED) is 0.853. The van der Waals surface area contributed by atoms with E-state index >= 15 is 0 Å². The molecule has 0 spiro atoms. The molecule has 20 heavy (non-hydrogen) atoms. The summed E-state index contributed by atoms with van der Waals surface area (Å²) in [5.74, 6) is 0.407. The predicted molar refractivity (Wildman–Crippen MR) is 84.0 cm³/mol. The maximum atomic E-state index is 11.8. The second kappa shape index (κ2) is 4.62. The Bertz CT molecular complexity index is 663. The van der Waals surface area contributed by atoms with Gasteiger partial charge in [-0.05, 0) is 46.7 Å². The predicted octanol–water partition coefficient (Wildman–Crippen LogP) is 4.49. The fourth-order valence-electron chi connectivity index (χ4n) is 2.38. The summed E-state index contributed by atoms with van der Waals surface area (Å²) in [6.07, 6.45) is 2.07. The van der Waals surface area contributed by atoms with E-state index in [2.05, 4.69) is 56.4 Å². The Balaban J connectivity index is 1.90. The van der Waals surface area contributed by atoms with Gasteiger partial charge in [-0.1, -0.05) is 45.0 Å². The highest BCUT2D eigenvalue weighted by atomic mass is 16.2. The molecular formula is C18H21NO. The molecule has 2 nitrogen and oxygen atoms in total. The van der Waals surface area contributed by atoms with Gasteiger partial charge in [0.2, 0.25) is 5.91 Å². The number of benzene rings is 2. The van der Waals surface area contributed by atoms with Crippen LogP contribution in [0.1, 0.15) is 39.2 Å². The molecule has 1 fully saturated rings. The van der Waals surface area contributed by atoms with Gasteiger partial charge in [0.05, 0.1) is 0 Å². The van der Waals surface area contributed by atoms with E-state index in [1.165, 1.54) is 16.3 Å². The van der Waals surface area contributed by atoms with E-state index in [-0.39, 0.29) is 17.2 Å². The highest BCUT2D eigenvalue weighted by Crippen LogP contribution is 2.31. The molecule has 1 amide bonds. The first-order chi connectivity index (χ1) is 9.43. The van der Waals surface area contributed by atoms with Gasteiger partial charge in [-0.15, -0.1) is 0 Å². The van der Waals surface area contributed by atoms with Crippen molar-refractivity contribution in [1.82, 2.24) is 0 Å². The molecule has 104 valence electrons. The molecule has 0 aromatic heterocycles. The van der Waals surface area contributed by atoms with E-state index in [0.29, 0.717) is 0 Å². The molecule has 0 atom stereocenters. The molecule has 0 saturated heterocycles. The summed E-state index contributed by atoms with van der Waals surface area (Å²) in [7, 11) is 0. The molecule has 1 saturated carbocycles. The number of nitrogens with one attached hydrogen (secondary N) is 1. The third kappa shape index (κ3) is 2.69. The Morgan fingerprint density at radius 3 is 2.35 bits per heavy atom. The summed E-state index contributed by atoms with van der Waals surface area (Å²) in [4.78, 5) is 11.8. The van der Waals surface area contributed by atoms with Crippen LogP contribution >= 0.6 is 0 Å². The molecule has 0 bridgehead atoms. The van der Waals surface area contributed by atoms with E-state index in [1.54, 1.807) is 0 Å². The SMILES string of the molecule is CC(C)(C)c1ccc2cc(NC(=O)C3CC3)ccc2c1. The number of carbonyl (C=O) groups is 1. The van der Waals surface area contributed by atoms with Gasteiger partial charge in [0, 0.05) is 11.6 Å². The van der Waals surface area contributed by atoms with Gasteiger partial charge in [-0.25, -0.2) is 0 Å². The van der Waals surface area contributed by atoms with Crippen LogP contribution in [0.25, 0.3) is 10.8 Å². The van der Waals surface area contributed by atoms with Crippen LogP contribution in [0, 0.1) is 5.92 Å². The third-order valence-corrected chi connectivity index (χ3v) is 3.92. The highest BCUT2D eigenvalue weighted by molar-refractivity contribution is 5.96. The molecule has 3 rings (SSSR count). The van der Waals surface area contributed by atoms with E-state index in [0.717, 1.165) is 18.5 Å². The number of carbonyl (C=O) groups excluding carboxylic acids is 1. The van der Waals surface area contributed by atoms with E-state index in [4.69, 9.17) is 0 Å². The van der Waals surface area contributed by atoms with Crippen molar-refractivity contribution in [3.05, 3.63) is 42.0 Å². The monoisotopic (exact) mass is 267 g/mol. The normalized spacial score (nSPS) is 15.3. The van der Waals surface area contributed by atoms with Crippen LogP contribution in [0.2, 0.25) is 0 Å². The van der Waals surface area contributed by atoms with E-state index in [9.17, 15) is 4.79 Å². The van der Waals surface area contributed by atoms with Crippen LogP contribution in [-0.4, -0.2) is 5.91 Å². The smallest absolute Gasteiger partial charge is 0.227 e. The van der Waals surface area contributed by atoms with Gasteiger partial charge in [-0.2, -0.15) is 0 Å². The van der Waals surface area contributed by atoms with Crippen LogP contribution in [0.15, 0.2) is 36.4 Å². The Morgan fingerprint density at radius 2 is 1.70 bits per heavy atom. The lowest BCUT2D eigenvalue weighted by Crippen LogP contribution is -2.13. The molecule has 2 aromatic rings. The summed E-state index contributed by atoms with van der Waals surface area (Å²) < 4.78 is 0. The standard InChI is InChI=1S/C18H21NO/c1-18(2,3)15-8-6-14-11-16(9-7-13(14)10-15)19-17(20)12-4-5-12/h6-12H,4-5H2,1-3H3,(H,19,20). The minimum absolute atomic E-state index is 0.160. The van der Waals surface area contributed by atoms with Gasteiger partial charge in [0.25, 0.3) is 0 Å². The molecule has 0 heterocycles. The number of hydrogen-bond donors (Lipinski definition) is 1. The van der Waals surface area contributed by atoms with Gasteiger partial charge in [0.1, 0.15) is 0 Å². The summed E-state index contributed by atoms with van der Waals surface area (Å²) >= 11 is 0. The number of hydrogen-bond acceptors (Lipinski definition) is 1. The molecule has 0 unspecified atom stereocenters. The Kier molecular flexibility index (Phi) is 3.04. The van der Waals surface area contributed by atoms with Crippen molar-refractivity contribution in [1.29, 1.82) is 0 Å². The maximum Gasteiger partial charge on any atom is 0.227 e. The lowest BCUT2D eigenvalue weighted by atomic mass is 9.86. The van der Waals surface area contributed by atoms with Crippen LogP contribution in [0.3, 0.4) is 0 Å². The zero-order valence-corrected chi connectivity index (χ0v) is 12.4. The molecule has 0 aliphatic heterocycles. The van der Waals surface area contributed by atoms with Gasteiger partial charge < -0.3 is 5.32 Å². The molecule has 2 aromatic carbocycles. The average molecular weight is 267 g/mol. The number of fused-ring (bicyclic) bond motifs is 1. The van der Waals surface area contributed by atoms with Crippen molar-refractivity contribution in [3.63, 3.8) is 0 Å². The van der Waals surface area contributed by atoms with Crippen LogP contribution in [-0.2, 0) is 10.2 Å². The van der Waals surface area contributed by atoms with Crippen molar-refractivity contribution < 1.29 is 4.79 Å². The van der Waals surface area contributed by atoms with Gasteiger partial charge >= 0.3 is 0 Å². The van der Waals surface area contributed by atoms with Crippen molar-refractivity contribution in [3.8, 4) is 0 Å². The van der Waals surface area contributed by atoms with Crippen molar-refractivity contribution >= 4 is 22.4 Å². The number of anilines is 1. The zero-order chi connectivity index (χ0) is 14.3. The van der Waals surface area contributed by atoms with Gasteiger partial charge in [0.15, 0.2) is 0 Å². The van der Waals surface area contributed by atoms with E-state index in [1.807, 2.05) is 6.07 Å². The van der Waals surface area contributed by atoms with Gasteiger partial charge in [-0.3, -0.25) is 4.79 Å². The van der Waals surface area contributed by atoms with Crippen molar-refractivity contribution in [2.45, 2.75) is 39.0 Å².